The monoisotopic (exact) mass is 652 g/mol. The molecule has 0 radical (unpaired) electrons. The van der Waals surface area contributed by atoms with Crippen LogP contribution < -0.4 is 10.6 Å². The van der Waals surface area contributed by atoms with E-state index in [1.54, 1.807) is 48.5 Å². The second-order valence-corrected chi connectivity index (χ2v) is 12.3. The lowest BCUT2D eigenvalue weighted by atomic mass is 9.99. The van der Waals surface area contributed by atoms with Crippen molar-refractivity contribution in [3.8, 4) is 0 Å². The van der Waals surface area contributed by atoms with Crippen LogP contribution in [0.5, 0.6) is 0 Å². The topological polar surface area (TPSA) is 158 Å². The highest BCUT2D eigenvalue weighted by Crippen LogP contribution is 2.33. The van der Waals surface area contributed by atoms with Gasteiger partial charge in [-0.05, 0) is 33.4 Å². The highest BCUT2D eigenvalue weighted by atomic mass is 16.5. The first-order valence-corrected chi connectivity index (χ1v) is 16.1. The van der Waals surface area contributed by atoms with Gasteiger partial charge in [0.2, 0.25) is 0 Å². The van der Waals surface area contributed by atoms with E-state index in [2.05, 4.69) is 10.6 Å². The van der Waals surface area contributed by atoms with Crippen LogP contribution >= 0.6 is 0 Å². The third kappa shape index (κ3) is 7.50. The Morgan fingerprint density at radius 3 is 1.33 bits per heavy atom. The van der Waals surface area contributed by atoms with Crippen LogP contribution in [0.1, 0.15) is 45.5 Å². The van der Waals surface area contributed by atoms with Crippen molar-refractivity contribution >= 4 is 11.8 Å². The number of fused-ring (bicyclic) bond motifs is 2. The molecule has 0 spiro atoms. The average molecular weight is 653 g/mol. The molecule has 0 aliphatic heterocycles. The molecule has 10 nitrogen and oxygen atoms in total. The third-order valence-corrected chi connectivity index (χ3v) is 9.04. The highest BCUT2D eigenvalue weighted by molar-refractivity contribution is 5.84. The fourth-order valence-corrected chi connectivity index (χ4v) is 6.50. The number of hydrogen-bond donors (Lipinski definition) is 6. The molecule has 0 saturated heterocycles. The molecule has 0 saturated carbocycles. The Morgan fingerprint density at radius 2 is 0.938 bits per heavy atom. The van der Waals surface area contributed by atoms with Crippen molar-refractivity contribution in [2.75, 3.05) is 0 Å². The number of carbonyl (C=O) groups excluding carboxylic acids is 2. The number of ether oxygens (including phenoxy) is 2. The lowest BCUT2D eigenvalue weighted by molar-refractivity contribution is -0.171. The Kier molecular flexibility index (Phi) is 10.6. The molecule has 0 bridgehead atoms. The number of carbonyl (C=O) groups is 2. The van der Waals surface area contributed by atoms with Gasteiger partial charge in [0.1, 0.15) is 12.2 Å². The molecule has 2 aliphatic carbocycles. The summed E-state index contributed by atoms with van der Waals surface area (Å²) in [6, 6.07) is 31.2. The molecule has 0 aromatic heterocycles. The molecule has 2 amide bonds. The lowest BCUT2D eigenvalue weighted by Gasteiger charge is -2.32. The van der Waals surface area contributed by atoms with Gasteiger partial charge in [-0.25, -0.2) is 0 Å². The fourth-order valence-electron chi connectivity index (χ4n) is 6.50. The zero-order chi connectivity index (χ0) is 33.6. The highest BCUT2D eigenvalue weighted by Gasteiger charge is 2.44. The minimum Gasteiger partial charge on any atom is -0.390 e. The predicted octanol–water partition coefficient (Wildman–Crippen LogP) is 2.43. The normalized spacial score (nSPS) is 22.2. The maximum absolute atomic E-state index is 13.9. The van der Waals surface area contributed by atoms with Crippen LogP contribution in [-0.4, -0.2) is 68.9 Å². The lowest BCUT2D eigenvalue weighted by Crippen LogP contribution is -2.57. The molecule has 6 rings (SSSR count). The zero-order valence-corrected chi connectivity index (χ0v) is 26.3. The number of hydrogen-bond acceptors (Lipinski definition) is 8. The quantitative estimate of drug-likeness (QED) is 0.129. The second kappa shape index (κ2) is 15.2. The van der Waals surface area contributed by atoms with Gasteiger partial charge in [-0.15, -0.1) is 0 Å². The maximum Gasteiger partial charge on any atom is 0.252 e. The summed E-state index contributed by atoms with van der Waals surface area (Å²) in [5.41, 5.74) is 4.69. The van der Waals surface area contributed by atoms with Gasteiger partial charge in [0.05, 0.1) is 37.5 Å². The molecule has 4 aromatic rings. The molecule has 8 atom stereocenters. The van der Waals surface area contributed by atoms with Gasteiger partial charge in [0.15, 0.2) is 12.2 Å². The number of rotatable bonds is 13. The molecular formula is C38H40N2O8. The van der Waals surface area contributed by atoms with Gasteiger partial charge >= 0.3 is 0 Å². The summed E-state index contributed by atoms with van der Waals surface area (Å²) < 4.78 is 11.9. The summed E-state index contributed by atoms with van der Waals surface area (Å²) in [6.07, 6.45) is -8.32. The van der Waals surface area contributed by atoms with Crippen molar-refractivity contribution in [1.82, 2.24) is 10.6 Å². The number of nitrogens with one attached hydrogen (secondary N) is 2. The van der Waals surface area contributed by atoms with Crippen molar-refractivity contribution in [2.45, 2.75) is 74.8 Å². The summed E-state index contributed by atoms with van der Waals surface area (Å²) in [5, 5.41) is 50.5. The van der Waals surface area contributed by atoms with Gasteiger partial charge in [-0.1, -0.05) is 109 Å². The molecule has 250 valence electrons. The van der Waals surface area contributed by atoms with E-state index < -0.39 is 60.5 Å². The van der Waals surface area contributed by atoms with Crippen molar-refractivity contribution in [1.29, 1.82) is 0 Å². The molecule has 6 N–H and O–H groups in total. The van der Waals surface area contributed by atoms with E-state index >= 15 is 0 Å². The standard InChI is InChI=1S/C38H40N2O8/c41-29-19-25-15-7-9-17-27(25)31(29)39-37(45)35(47-21-23-11-3-1-4-12-23)33(43)34(44)36(48-22-24-13-5-2-6-14-24)38(46)40-32-28-18-10-8-16-26(28)20-30(32)42/h1-18,29-36,41-44H,19-22H2,(H,39,45)(H,40,46)/t29?,30?,31-,32?,33+,34+,35+,36+/m0/s1. The van der Waals surface area contributed by atoms with Crippen molar-refractivity contribution in [3.05, 3.63) is 143 Å². The van der Waals surface area contributed by atoms with Crippen LogP contribution in [-0.2, 0) is 45.1 Å². The predicted molar refractivity (Wildman–Crippen MR) is 176 cm³/mol. The van der Waals surface area contributed by atoms with E-state index in [0.717, 1.165) is 22.3 Å². The molecule has 0 heterocycles. The minimum atomic E-state index is -1.94. The SMILES string of the molecule is O=C(NC1c2ccccc2CC1O)[C@H](OCc1ccccc1)[C@H](O)[C@@H](O)[C@@H](OCc1ccccc1)C(=O)N[C@H]1c2ccccc2CC1O. The Bertz CT molecular complexity index is 1560. The maximum atomic E-state index is 13.9. The first-order valence-electron chi connectivity index (χ1n) is 16.1. The van der Waals surface area contributed by atoms with E-state index in [0.29, 0.717) is 24.0 Å². The largest absolute Gasteiger partial charge is 0.390 e. The number of aliphatic hydroxyl groups excluding tert-OH is 4. The van der Waals surface area contributed by atoms with Gasteiger partial charge in [-0.3, -0.25) is 9.59 Å². The Labute approximate surface area is 279 Å². The van der Waals surface area contributed by atoms with Crippen LogP contribution in [0, 0.1) is 0 Å². The van der Waals surface area contributed by atoms with Crippen LogP contribution in [0.4, 0.5) is 0 Å². The molecule has 3 unspecified atom stereocenters. The average Bonchev–Trinajstić information content (AvgIpc) is 3.59. The molecular weight excluding hydrogens is 612 g/mol. The summed E-state index contributed by atoms with van der Waals surface area (Å²) in [5.74, 6) is -1.55. The van der Waals surface area contributed by atoms with Crippen molar-refractivity contribution in [2.24, 2.45) is 0 Å². The molecule has 48 heavy (non-hydrogen) atoms. The van der Waals surface area contributed by atoms with Crippen LogP contribution in [0.3, 0.4) is 0 Å². The summed E-state index contributed by atoms with van der Waals surface area (Å²) in [4.78, 5) is 27.7. The van der Waals surface area contributed by atoms with E-state index in [9.17, 15) is 30.0 Å². The Balaban J connectivity index is 1.25. The fraction of sp³-hybridized carbons (Fsp3) is 0.316. The van der Waals surface area contributed by atoms with Crippen LogP contribution in [0.2, 0.25) is 0 Å². The van der Waals surface area contributed by atoms with Gasteiger partial charge in [0, 0.05) is 12.8 Å². The van der Waals surface area contributed by atoms with Crippen molar-refractivity contribution < 1.29 is 39.5 Å². The van der Waals surface area contributed by atoms with Gasteiger partial charge in [-0.2, -0.15) is 0 Å². The Hall–Kier alpha value is -4.42. The van der Waals surface area contributed by atoms with Gasteiger partial charge < -0.3 is 40.5 Å². The van der Waals surface area contributed by atoms with Gasteiger partial charge in [0.25, 0.3) is 11.8 Å². The first kappa shape index (κ1) is 33.5. The number of benzene rings is 4. The summed E-state index contributed by atoms with van der Waals surface area (Å²) >= 11 is 0. The van der Waals surface area contributed by atoms with E-state index in [4.69, 9.17) is 9.47 Å². The summed E-state index contributed by atoms with van der Waals surface area (Å²) in [6.45, 7) is -0.168. The number of amides is 2. The molecule has 10 heteroatoms. The van der Waals surface area contributed by atoms with E-state index in [1.807, 2.05) is 60.7 Å². The smallest absolute Gasteiger partial charge is 0.252 e. The molecule has 2 aliphatic rings. The number of aliphatic hydroxyl groups is 4. The van der Waals surface area contributed by atoms with Crippen LogP contribution in [0.25, 0.3) is 0 Å². The zero-order valence-electron chi connectivity index (χ0n) is 26.3. The van der Waals surface area contributed by atoms with Crippen molar-refractivity contribution in [3.63, 3.8) is 0 Å². The minimum absolute atomic E-state index is 0.0840. The first-order chi connectivity index (χ1) is 23.3. The molecule has 4 aromatic carbocycles. The molecule has 0 fully saturated rings. The third-order valence-electron chi connectivity index (χ3n) is 9.04. The van der Waals surface area contributed by atoms with E-state index in [-0.39, 0.29) is 13.2 Å². The van der Waals surface area contributed by atoms with E-state index in [1.165, 1.54) is 0 Å². The second-order valence-electron chi connectivity index (χ2n) is 12.3. The summed E-state index contributed by atoms with van der Waals surface area (Å²) in [7, 11) is 0. The van der Waals surface area contributed by atoms with Crippen LogP contribution in [0.15, 0.2) is 109 Å². The Morgan fingerprint density at radius 1 is 0.583 bits per heavy atom.